The molecule has 3 saturated carbocycles. The zero-order chi connectivity index (χ0) is 26.3. The van der Waals surface area contributed by atoms with Gasteiger partial charge in [0.05, 0.1) is 23.1 Å². The first-order valence-electron chi connectivity index (χ1n) is 12.8. The highest BCUT2D eigenvalue weighted by atomic mass is 32.2. The summed E-state index contributed by atoms with van der Waals surface area (Å²) in [7, 11) is 0. The zero-order valence-corrected chi connectivity index (χ0v) is 22.5. The fourth-order valence-electron chi connectivity index (χ4n) is 7.48. The van der Waals surface area contributed by atoms with Gasteiger partial charge in [0.1, 0.15) is 11.9 Å². The summed E-state index contributed by atoms with van der Waals surface area (Å²) in [4.78, 5) is 30.9. The fraction of sp³-hybridized carbons (Fsp3) is 0.643. The highest BCUT2D eigenvalue weighted by Crippen LogP contribution is 2.68. The van der Waals surface area contributed by atoms with Gasteiger partial charge in [-0.05, 0) is 55.1 Å². The van der Waals surface area contributed by atoms with Crippen molar-refractivity contribution in [2.75, 3.05) is 5.75 Å². The van der Waals surface area contributed by atoms with Crippen LogP contribution in [0, 0.1) is 34.0 Å². The largest absolute Gasteiger partial charge is 0.461 e. The molecule has 1 aromatic rings. The van der Waals surface area contributed by atoms with Crippen LogP contribution in [0.4, 0.5) is 0 Å². The number of carbonyl (C=O) groups is 2. The van der Waals surface area contributed by atoms with Crippen LogP contribution in [-0.2, 0) is 14.3 Å². The van der Waals surface area contributed by atoms with Gasteiger partial charge in [-0.25, -0.2) is 4.98 Å². The van der Waals surface area contributed by atoms with E-state index in [1.165, 1.54) is 18.0 Å². The average molecular weight is 515 g/mol. The number of oxime groups is 1. The Kier molecular flexibility index (Phi) is 7.41. The summed E-state index contributed by atoms with van der Waals surface area (Å²) in [6, 6.07) is 3.44. The molecule has 36 heavy (non-hydrogen) atoms. The Labute approximate surface area is 217 Å². The van der Waals surface area contributed by atoms with Gasteiger partial charge in [-0.2, -0.15) is 0 Å². The smallest absolute Gasteiger partial charge is 0.316 e. The molecule has 4 rings (SSSR count). The molecule has 0 spiro atoms. The normalized spacial score (nSPS) is 40.4. The summed E-state index contributed by atoms with van der Waals surface area (Å²) in [6.07, 6.45) is 7.04. The third-order valence-corrected chi connectivity index (χ3v) is 10.8. The van der Waals surface area contributed by atoms with Gasteiger partial charge >= 0.3 is 5.97 Å². The summed E-state index contributed by atoms with van der Waals surface area (Å²) in [6.45, 7) is 12.5. The SMILES string of the molecule is C=C[C@]1(C)C[C@@H](OC(=O)CSc2cc(/C=N/O)ccn2)[C@@]2(C)C3C(=O)CC[C@@]3(CC[C@H]2C)[C@@H](C)[C@@H]1O. The van der Waals surface area contributed by atoms with Crippen LogP contribution < -0.4 is 0 Å². The molecule has 8 atom stereocenters. The molecule has 1 aromatic heterocycles. The van der Waals surface area contributed by atoms with Gasteiger partial charge in [0.25, 0.3) is 0 Å². The Morgan fingerprint density at radius 1 is 1.36 bits per heavy atom. The molecule has 196 valence electrons. The number of pyridine rings is 1. The molecule has 1 unspecified atom stereocenters. The Hall–Kier alpha value is -2.19. The molecule has 0 aliphatic heterocycles. The van der Waals surface area contributed by atoms with Crippen molar-refractivity contribution in [2.45, 2.75) is 77.0 Å². The topological polar surface area (TPSA) is 109 Å². The lowest BCUT2D eigenvalue weighted by molar-refractivity contribution is -0.205. The second-order valence-corrected chi connectivity index (χ2v) is 12.5. The van der Waals surface area contributed by atoms with Crippen molar-refractivity contribution in [3.8, 4) is 0 Å². The molecule has 0 aromatic carbocycles. The molecular weight excluding hydrogens is 476 g/mol. The number of esters is 1. The van der Waals surface area contributed by atoms with E-state index < -0.39 is 23.0 Å². The molecule has 2 bridgehead atoms. The molecule has 3 aliphatic rings. The lowest BCUT2D eigenvalue weighted by Gasteiger charge is -2.61. The lowest BCUT2D eigenvalue weighted by atomic mass is 9.44. The number of carbonyl (C=O) groups excluding carboxylic acids is 2. The van der Waals surface area contributed by atoms with Crippen LogP contribution in [0.25, 0.3) is 0 Å². The summed E-state index contributed by atoms with van der Waals surface area (Å²) in [5.74, 6) is -0.187. The minimum absolute atomic E-state index is 0.0567. The van der Waals surface area contributed by atoms with E-state index in [1.807, 2.05) is 6.92 Å². The number of ketones is 1. The summed E-state index contributed by atoms with van der Waals surface area (Å²) in [5, 5.41) is 24.0. The summed E-state index contributed by atoms with van der Waals surface area (Å²) >= 11 is 1.25. The van der Waals surface area contributed by atoms with Crippen LogP contribution in [0.5, 0.6) is 0 Å². The van der Waals surface area contributed by atoms with Gasteiger partial charge in [0.15, 0.2) is 0 Å². The highest BCUT2D eigenvalue weighted by molar-refractivity contribution is 7.99. The number of nitrogens with zero attached hydrogens (tertiary/aromatic N) is 2. The van der Waals surface area contributed by atoms with E-state index >= 15 is 0 Å². The third kappa shape index (κ3) is 4.30. The lowest BCUT2D eigenvalue weighted by Crippen LogP contribution is -2.63. The number of aliphatic hydroxyl groups excluding tert-OH is 1. The minimum atomic E-state index is -0.683. The minimum Gasteiger partial charge on any atom is -0.461 e. The number of rotatable bonds is 6. The van der Waals surface area contributed by atoms with E-state index in [0.29, 0.717) is 23.4 Å². The summed E-state index contributed by atoms with van der Waals surface area (Å²) in [5.41, 5.74) is -0.798. The number of hydrogen-bond donors (Lipinski definition) is 2. The van der Waals surface area contributed by atoms with Crippen LogP contribution >= 0.6 is 11.8 Å². The van der Waals surface area contributed by atoms with Crippen LogP contribution in [0.1, 0.15) is 65.4 Å². The van der Waals surface area contributed by atoms with Crippen LogP contribution in [0.15, 0.2) is 41.2 Å². The van der Waals surface area contributed by atoms with Gasteiger partial charge in [-0.15, -0.1) is 6.58 Å². The van der Waals surface area contributed by atoms with E-state index in [4.69, 9.17) is 9.94 Å². The predicted octanol–water partition coefficient (Wildman–Crippen LogP) is 4.89. The first-order valence-corrected chi connectivity index (χ1v) is 13.8. The molecule has 0 saturated heterocycles. The second kappa shape index (κ2) is 9.93. The number of Topliss-reactive ketones (excluding diaryl/α,β-unsaturated/α-hetero) is 1. The average Bonchev–Trinajstić information content (AvgIpc) is 3.22. The molecule has 8 heteroatoms. The molecule has 3 aliphatic carbocycles. The van der Waals surface area contributed by atoms with Crippen molar-refractivity contribution in [2.24, 2.45) is 39.2 Å². The number of ether oxygens (including phenoxy) is 1. The first kappa shape index (κ1) is 26.9. The monoisotopic (exact) mass is 514 g/mol. The van der Waals surface area contributed by atoms with Crippen LogP contribution in [0.3, 0.4) is 0 Å². The van der Waals surface area contributed by atoms with Crippen molar-refractivity contribution < 1.29 is 24.6 Å². The van der Waals surface area contributed by atoms with E-state index in [9.17, 15) is 14.7 Å². The fourth-order valence-corrected chi connectivity index (χ4v) is 8.17. The van der Waals surface area contributed by atoms with Crippen molar-refractivity contribution in [3.05, 3.63) is 36.5 Å². The van der Waals surface area contributed by atoms with Crippen molar-refractivity contribution in [1.29, 1.82) is 0 Å². The van der Waals surface area contributed by atoms with Crippen LogP contribution in [0.2, 0.25) is 0 Å². The van der Waals surface area contributed by atoms with Gasteiger partial charge in [0.2, 0.25) is 0 Å². The Morgan fingerprint density at radius 3 is 2.81 bits per heavy atom. The molecular formula is C28H38N2O5S. The standard InChI is InChI=1S/C28H38N2O5S/c1-6-26(4)14-21(35-23(32)16-36-22-13-19(15-30-34)9-12-29-22)27(5)17(2)7-10-28(18(3)25(26)33)11-8-20(31)24(27)28/h6,9,12-13,15,17-18,21,24-25,33-34H,1,7-8,10-11,14,16H2,2-5H3/b30-15+/t17-,18+,21-,24?,25+,26-,27+,28+/m1/s1. The maximum Gasteiger partial charge on any atom is 0.316 e. The predicted molar refractivity (Wildman–Crippen MR) is 139 cm³/mol. The van der Waals surface area contributed by atoms with Crippen molar-refractivity contribution >= 4 is 29.7 Å². The number of aromatic nitrogens is 1. The maximum absolute atomic E-state index is 13.5. The van der Waals surface area contributed by atoms with Gasteiger partial charge in [0, 0.05) is 34.9 Å². The van der Waals surface area contributed by atoms with E-state index in [1.54, 1.807) is 24.4 Å². The van der Waals surface area contributed by atoms with Gasteiger partial charge in [-0.1, -0.05) is 50.7 Å². The van der Waals surface area contributed by atoms with E-state index in [-0.39, 0.29) is 40.7 Å². The van der Waals surface area contributed by atoms with Crippen molar-refractivity contribution in [1.82, 2.24) is 4.98 Å². The van der Waals surface area contributed by atoms with Crippen LogP contribution in [-0.4, -0.2) is 51.2 Å². The zero-order valence-electron chi connectivity index (χ0n) is 21.6. The second-order valence-electron chi connectivity index (χ2n) is 11.5. The van der Waals surface area contributed by atoms with E-state index in [0.717, 1.165) is 19.3 Å². The highest BCUT2D eigenvalue weighted by Gasteiger charge is 2.68. The molecule has 3 fully saturated rings. The molecule has 2 N–H and O–H groups in total. The Bertz CT molecular complexity index is 1060. The molecule has 0 radical (unpaired) electrons. The maximum atomic E-state index is 13.5. The number of aliphatic hydroxyl groups is 1. The molecule has 1 heterocycles. The Balaban J connectivity index is 1.65. The number of thioether (sulfide) groups is 1. The third-order valence-electron chi connectivity index (χ3n) is 9.88. The quantitative estimate of drug-likeness (QED) is 0.139. The summed E-state index contributed by atoms with van der Waals surface area (Å²) < 4.78 is 6.25. The molecule has 0 amide bonds. The number of hydrogen-bond acceptors (Lipinski definition) is 8. The molecule has 7 nitrogen and oxygen atoms in total. The Morgan fingerprint density at radius 2 is 2.11 bits per heavy atom. The first-order chi connectivity index (χ1) is 17.0. The van der Waals surface area contributed by atoms with Gasteiger partial charge in [-0.3, -0.25) is 9.59 Å². The van der Waals surface area contributed by atoms with Crippen molar-refractivity contribution in [3.63, 3.8) is 0 Å². The van der Waals surface area contributed by atoms with Gasteiger partial charge < -0.3 is 15.1 Å². The van der Waals surface area contributed by atoms with E-state index in [2.05, 4.69) is 37.5 Å².